The molecular formula is C19H28N2O2S. The van der Waals surface area contributed by atoms with Crippen molar-refractivity contribution in [3.8, 4) is 0 Å². The Kier molecular flexibility index (Phi) is 5.40. The van der Waals surface area contributed by atoms with Crippen molar-refractivity contribution < 1.29 is 9.53 Å². The molecule has 0 saturated heterocycles. The Hall–Kier alpha value is -1.20. The van der Waals surface area contributed by atoms with Crippen LogP contribution in [-0.2, 0) is 9.53 Å². The van der Waals surface area contributed by atoms with Crippen molar-refractivity contribution in [1.82, 2.24) is 9.88 Å². The van der Waals surface area contributed by atoms with Gasteiger partial charge in [0.15, 0.2) is 0 Å². The molecule has 4 nitrogen and oxygen atoms in total. The van der Waals surface area contributed by atoms with Gasteiger partial charge < -0.3 is 9.64 Å². The highest BCUT2D eigenvalue weighted by molar-refractivity contribution is 7.09. The summed E-state index contributed by atoms with van der Waals surface area (Å²) >= 11 is 1.61. The van der Waals surface area contributed by atoms with Crippen LogP contribution in [0.4, 0.5) is 0 Å². The smallest absolute Gasteiger partial charge is 0.246 e. The second-order valence-corrected chi connectivity index (χ2v) is 8.13. The molecule has 1 aromatic heterocycles. The van der Waals surface area contributed by atoms with Crippen LogP contribution < -0.4 is 0 Å². The van der Waals surface area contributed by atoms with Crippen molar-refractivity contribution in [1.29, 1.82) is 0 Å². The fourth-order valence-electron chi connectivity index (χ4n) is 4.46. The Morgan fingerprint density at radius 1 is 1.46 bits per heavy atom. The molecule has 2 fully saturated rings. The van der Waals surface area contributed by atoms with Gasteiger partial charge in [0.2, 0.25) is 5.91 Å². The molecule has 1 aromatic rings. The highest BCUT2D eigenvalue weighted by Gasteiger charge is 2.57. The molecule has 1 heterocycles. The molecule has 0 radical (unpaired) electrons. The summed E-state index contributed by atoms with van der Waals surface area (Å²) in [6, 6.07) is 0.309. The predicted molar refractivity (Wildman–Crippen MR) is 98.0 cm³/mol. The number of ether oxygens (including phenoxy) is 1. The molecule has 132 valence electrons. The van der Waals surface area contributed by atoms with E-state index >= 15 is 0 Å². The van der Waals surface area contributed by atoms with E-state index in [9.17, 15) is 4.79 Å². The minimum atomic E-state index is 0.0746. The number of carbonyl (C=O) groups excluding carboxylic acids is 1. The summed E-state index contributed by atoms with van der Waals surface area (Å²) in [5.41, 5.74) is 1.05. The summed E-state index contributed by atoms with van der Waals surface area (Å²) in [5, 5.41) is 3.01. The van der Waals surface area contributed by atoms with E-state index in [4.69, 9.17) is 4.74 Å². The highest BCUT2D eigenvalue weighted by atomic mass is 32.1. The second kappa shape index (κ2) is 7.36. The fraction of sp³-hybridized carbons (Fsp3) is 0.684. The maximum Gasteiger partial charge on any atom is 0.246 e. The molecule has 1 amide bonds. The SMILES string of the molecule is CCOC1CC(N(C)C(=O)/C=C/c2csc(C)n2)C12CCCCC2. The molecule has 2 unspecified atom stereocenters. The Morgan fingerprint density at radius 2 is 2.21 bits per heavy atom. The average Bonchev–Trinajstić information content (AvgIpc) is 3.01. The van der Waals surface area contributed by atoms with Crippen molar-refractivity contribution in [2.45, 2.75) is 64.5 Å². The topological polar surface area (TPSA) is 42.4 Å². The molecule has 2 saturated carbocycles. The Bertz CT molecular complexity index is 604. The van der Waals surface area contributed by atoms with Crippen LogP contribution >= 0.6 is 11.3 Å². The van der Waals surface area contributed by atoms with Crippen LogP contribution in [0, 0.1) is 12.3 Å². The first-order chi connectivity index (χ1) is 11.6. The van der Waals surface area contributed by atoms with Crippen LogP contribution in [0.3, 0.4) is 0 Å². The summed E-state index contributed by atoms with van der Waals surface area (Å²) in [7, 11) is 1.95. The molecule has 2 aliphatic rings. The molecule has 3 rings (SSSR count). The number of carbonyl (C=O) groups is 1. The molecular weight excluding hydrogens is 320 g/mol. The van der Waals surface area contributed by atoms with Crippen LogP contribution in [0.5, 0.6) is 0 Å². The van der Waals surface area contributed by atoms with Crippen molar-refractivity contribution in [2.75, 3.05) is 13.7 Å². The van der Waals surface area contributed by atoms with E-state index in [0.29, 0.717) is 12.1 Å². The largest absolute Gasteiger partial charge is 0.378 e. The molecule has 24 heavy (non-hydrogen) atoms. The Balaban J connectivity index is 1.68. The molecule has 0 aromatic carbocycles. The second-order valence-electron chi connectivity index (χ2n) is 7.06. The summed E-state index contributed by atoms with van der Waals surface area (Å²) in [4.78, 5) is 18.9. The molecule has 0 bridgehead atoms. The number of thiazole rings is 1. The lowest BCUT2D eigenvalue weighted by atomic mass is 9.54. The van der Waals surface area contributed by atoms with Gasteiger partial charge in [-0.1, -0.05) is 19.3 Å². The van der Waals surface area contributed by atoms with E-state index in [1.54, 1.807) is 17.4 Å². The maximum absolute atomic E-state index is 12.6. The van der Waals surface area contributed by atoms with E-state index in [-0.39, 0.29) is 11.3 Å². The summed E-state index contributed by atoms with van der Waals surface area (Å²) < 4.78 is 6.00. The number of aromatic nitrogens is 1. The molecule has 0 N–H and O–H groups in total. The third-order valence-corrected chi connectivity index (χ3v) is 6.53. The lowest BCUT2D eigenvalue weighted by Crippen LogP contribution is -2.65. The Morgan fingerprint density at radius 3 is 2.83 bits per heavy atom. The van der Waals surface area contributed by atoms with Gasteiger partial charge in [0.05, 0.1) is 16.8 Å². The number of hydrogen-bond acceptors (Lipinski definition) is 4. The zero-order chi connectivity index (χ0) is 17.2. The molecule has 0 aliphatic heterocycles. The predicted octanol–water partition coefficient (Wildman–Crippen LogP) is 4.05. The average molecular weight is 349 g/mol. The van der Waals surface area contributed by atoms with Gasteiger partial charge in [0, 0.05) is 36.6 Å². The fourth-order valence-corrected chi connectivity index (χ4v) is 5.04. The molecule has 5 heteroatoms. The van der Waals surface area contributed by atoms with Gasteiger partial charge in [-0.3, -0.25) is 4.79 Å². The summed E-state index contributed by atoms with van der Waals surface area (Å²) in [5.74, 6) is 0.0746. The van der Waals surface area contributed by atoms with Gasteiger partial charge in [0.1, 0.15) is 0 Å². The van der Waals surface area contributed by atoms with Crippen molar-refractivity contribution in [3.05, 3.63) is 22.2 Å². The lowest BCUT2D eigenvalue weighted by molar-refractivity contribution is -0.182. The number of rotatable bonds is 5. The van der Waals surface area contributed by atoms with E-state index < -0.39 is 0 Å². The van der Waals surface area contributed by atoms with E-state index in [1.165, 1.54) is 32.1 Å². The van der Waals surface area contributed by atoms with Gasteiger partial charge in [-0.15, -0.1) is 11.3 Å². The normalized spacial score (nSPS) is 25.8. The zero-order valence-electron chi connectivity index (χ0n) is 15.0. The van der Waals surface area contributed by atoms with Gasteiger partial charge >= 0.3 is 0 Å². The highest BCUT2D eigenvalue weighted by Crippen LogP contribution is 2.55. The van der Waals surface area contributed by atoms with Crippen molar-refractivity contribution in [3.63, 3.8) is 0 Å². The zero-order valence-corrected chi connectivity index (χ0v) is 15.8. The molecule has 2 aliphatic carbocycles. The third-order valence-electron chi connectivity index (χ3n) is 5.74. The number of amides is 1. The number of aryl methyl sites for hydroxylation is 1. The van der Waals surface area contributed by atoms with Crippen LogP contribution in [0.2, 0.25) is 0 Å². The minimum Gasteiger partial charge on any atom is -0.378 e. The van der Waals surface area contributed by atoms with Gasteiger partial charge in [-0.2, -0.15) is 0 Å². The van der Waals surface area contributed by atoms with Crippen LogP contribution in [0.1, 0.15) is 56.2 Å². The summed E-state index contributed by atoms with van der Waals surface area (Å²) in [6.45, 7) is 4.81. The Labute approximate surface area is 148 Å². The third kappa shape index (κ3) is 3.29. The minimum absolute atomic E-state index is 0.0746. The number of hydrogen-bond donors (Lipinski definition) is 0. The standard InChI is InChI=1S/C19H28N2O2S/c1-4-23-17-12-16(19(17)10-6-5-7-11-19)21(3)18(22)9-8-15-13-24-14(2)20-15/h8-9,13,16-17H,4-7,10-12H2,1-3H3/b9-8+. The summed E-state index contributed by atoms with van der Waals surface area (Å²) in [6.07, 6.45) is 11.0. The van der Waals surface area contributed by atoms with Gasteiger partial charge in [-0.05, 0) is 39.2 Å². The number of likely N-dealkylation sites (N-methyl/N-ethyl adjacent to an activating group) is 1. The number of nitrogens with zero attached hydrogens (tertiary/aromatic N) is 2. The monoisotopic (exact) mass is 348 g/mol. The van der Waals surface area contributed by atoms with Crippen molar-refractivity contribution in [2.24, 2.45) is 5.41 Å². The van der Waals surface area contributed by atoms with E-state index in [2.05, 4.69) is 11.9 Å². The molecule has 2 atom stereocenters. The van der Waals surface area contributed by atoms with Crippen molar-refractivity contribution >= 4 is 23.3 Å². The first-order valence-electron chi connectivity index (χ1n) is 9.05. The first kappa shape index (κ1) is 17.6. The maximum atomic E-state index is 12.6. The van der Waals surface area contributed by atoms with Gasteiger partial charge in [-0.25, -0.2) is 4.98 Å². The van der Waals surface area contributed by atoms with E-state index in [1.807, 2.05) is 30.3 Å². The van der Waals surface area contributed by atoms with Crippen LogP contribution in [0.15, 0.2) is 11.5 Å². The van der Waals surface area contributed by atoms with E-state index in [0.717, 1.165) is 23.7 Å². The van der Waals surface area contributed by atoms with Gasteiger partial charge in [0.25, 0.3) is 0 Å². The van der Waals surface area contributed by atoms with Crippen LogP contribution in [0.25, 0.3) is 6.08 Å². The van der Waals surface area contributed by atoms with Crippen LogP contribution in [-0.4, -0.2) is 41.6 Å². The first-order valence-corrected chi connectivity index (χ1v) is 9.93. The lowest BCUT2D eigenvalue weighted by Gasteiger charge is -2.60. The molecule has 1 spiro atoms. The quantitative estimate of drug-likeness (QED) is 0.754.